The predicted molar refractivity (Wildman–Crippen MR) is 114 cm³/mol. The van der Waals surface area contributed by atoms with E-state index >= 15 is 0 Å². The van der Waals surface area contributed by atoms with Gasteiger partial charge in [0.1, 0.15) is 0 Å². The maximum Gasteiger partial charge on any atom is 0.253 e. The first kappa shape index (κ1) is 18.6. The molecule has 2 aromatic heterocycles. The number of amides is 1. The summed E-state index contributed by atoms with van der Waals surface area (Å²) < 4.78 is 0. The van der Waals surface area contributed by atoms with E-state index in [9.17, 15) is 4.79 Å². The van der Waals surface area contributed by atoms with Gasteiger partial charge in [-0.3, -0.25) is 9.78 Å². The number of hydrogen-bond acceptors (Lipinski definition) is 5. The number of nitrogens with zero attached hydrogens (tertiary/aromatic N) is 4. The van der Waals surface area contributed by atoms with Crippen molar-refractivity contribution in [3.05, 3.63) is 64.2 Å². The Labute approximate surface area is 169 Å². The van der Waals surface area contributed by atoms with Crippen LogP contribution in [0.2, 0.25) is 0 Å². The second-order valence-corrected chi connectivity index (χ2v) is 8.19. The van der Waals surface area contributed by atoms with Crippen LogP contribution in [0.15, 0.2) is 48.2 Å². The topological polar surface area (TPSA) is 49.3 Å². The number of benzene rings is 1. The van der Waals surface area contributed by atoms with Gasteiger partial charge in [-0.1, -0.05) is 12.1 Å². The molecule has 1 saturated heterocycles. The number of hydrogen-bond donors (Lipinski definition) is 0. The predicted octanol–water partition coefficient (Wildman–Crippen LogP) is 4.17. The van der Waals surface area contributed by atoms with Gasteiger partial charge in [0.15, 0.2) is 0 Å². The molecule has 6 heteroatoms. The summed E-state index contributed by atoms with van der Waals surface area (Å²) in [6, 6.07) is 9.91. The third-order valence-electron chi connectivity index (χ3n) is 5.24. The van der Waals surface area contributed by atoms with E-state index in [1.807, 2.05) is 47.1 Å². The highest BCUT2D eigenvalue weighted by atomic mass is 32.1. The van der Waals surface area contributed by atoms with Crippen molar-refractivity contribution in [1.29, 1.82) is 0 Å². The molecule has 0 bridgehead atoms. The molecule has 1 aliphatic heterocycles. The van der Waals surface area contributed by atoms with Gasteiger partial charge in [-0.25, -0.2) is 4.98 Å². The lowest BCUT2D eigenvalue weighted by molar-refractivity contribution is 0.0767. The molecule has 1 aliphatic rings. The number of anilines is 1. The van der Waals surface area contributed by atoms with Crippen molar-refractivity contribution in [2.24, 2.45) is 0 Å². The maximum atomic E-state index is 13.1. The molecule has 28 heavy (non-hydrogen) atoms. The molecule has 0 aliphatic carbocycles. The highest BCUT2D eigenvalue weighted by Gasteiger charge is 2.21. The standard InChI is InChI=1S/C22H24N4OS/c1-16-14-23-8-7-20(16)25-9-4-10-26(12-11-25)22(27)19-6-3-5-18(13-19)21-17(2)28-15-24-21/h3,5-8,13-15H,4,9-12H2,1-2H3. The molecule has 5 nitrogen and oxygen atoms in total. The number of carbonyl (C=O) groups excluding carboxylic acids is 1. The van der Waals surface area contributed by atoms with Crippen molar-refractivity contribution in [3.8, 4) is 11.3 Å². The van der Waals surface area contributed by atoms with Crippen LogP contribution in [-0.2, 0) is 0 Å². The van der Waals surface area contributed by atoms with Crippen molar-refractivity contribution < 1.29 is 4.79 Å². The largest absolute Gasteiger partial charge is 0.369 e. The Morgan fingerprint density at radius 3 is 2.79 bits per heavy atom. The maximum absolute atomic E-state index is 13.1. The van der Waals surface area contributed by atoms with E-state index in [1.54, 1.807) is 11.3 Å². The second kappa shape index (κ2) is 8.10. The van der Waals surface area contributed by atoms with Crippen molar-refractivity contribution in [2.75, 3.05) is 31.1 Å². The van der Waals surface area contributed by atoms with Crippen LogP contribution in [0, 0.1) is 13.8 Å². The quantitative estimate of drug-likeness (QED) is 0.671. The van der Waals surface area contributed by atoms with Crippen LogP contribution in [0.3, 0.4) is 0 Å². The Morgan fingerprint density at radius 1 is 1.11 bits per heavy atom. The molecular weight excluding hydrogens is 368 g/mol. The summed E-state index contributed by atoms with van der Waals surface area (Å²) in [4.78, 5) is 27.3. The summed E-state index contributed by atoms with van der Waals surface area (Å²) in [5.74, 6) is 0.100. The average molecular weight is 393 g/mol. The number of rotatable bonds is 3. The lowest BCUT2D eigenvalue weighted by Crippen LogP contribution is -2.35. The van der Waals surface area contributed by atoms with E-state index in [2.05, 4.69) is 34.8 Å². The molecule has 4 rings (SSSR count). The van der Waals surface area contributed by atoms with Crippen LogP contribution < -0.4 is 4.90 Å². The van der Waals surface area contributed by atoms with Crippen molar-refractivity contribution in [3.63, 3.8) is 0 Å². The van der Waals surface area contributed by atoms with Gasteiger partial charge in [0.05, 0.1) is 11.2 Å². The van der Waals surface area contributed by atoms with Crippen LogP contribution in [0.4, 0.5) is 5.69 Å². The zero-order valence-corrected chi connectivity index (χ0v) is 17.1. The van der Waals surface area contributed by atoms with Crippen LogP contribution in [0.1, 0.15) is 27.2 Å². The minimum atomic E-state index is 0.100. The molecule has 1 fully saturated rings. The molecule has 3 aromatic rings. The second-order valence-electron chi connectivity index (χ2n) is 7.13. The average Bonchev–Trinajstić information content (AvgIpc) is 3.00. The highest BCUT2D eigenvalue weighted by molar-refractivity contribution is 7.10. The van der Waals surface area contributed by atoms with E-state index in [-0.39, 0.29) is 5.91 Å². The molecule has 144 valence electrons. The molecule has 1 aromatic carbocycles. The molecule has 0 unspecified atom stereocenters. The van der Waals surface area contributed by atoms with Crippen molar-refractivity contribution in [1.82, 2.24) is 14.9 Å². The summed E-state index contributed by atoms with van der Waals surface area (Å²) in [5.41, 5.74) is 6.95. The molecule has 0 N–H and O–H groups in total. The number of thiazole rings is 1. The Bertz CT molecular complexity index is 984. The smallest absolute Gasteiger partial charge is 0.253 e. The van der Waals surface area contributed by atoms with Crippen molar-refractivity contribution in [2.45, 2.75) is 20.3 Å². The summed E-state index contributed by atoms with van der Waals surface area (Å²) in [7, 11) is 0. The molecule has 0 saturated carbocycles. The molecule has 0 spiro atoms. The minimum absolute atomic E-state index is 0.100. The normalized spacial score (nSPS) is 14.8. The van der Waals surface area contributed by atoms with Gasteiger partial charge in [0.25, 0.3) is 5.91 Å². The van der Waals surface area contributed by atoms with Gasteiger partial charge in [-0.2, -0.15) is 0 Å². The van der Waals surface area contributed by atoms with Gasteiger partial charge in [-0.15, -0.1) is 11.3 Å². The number of aryl methyl sites for hydroxylation is 2. The van der Waals surface area contributed by atoms with Crippen LogP contribution >= 0.6 is 11.3 Å². The molecule has 0 atom stereocenters. The van der Waals surface area contributed by atoms with E-state index in [0.29, 0.717) is 0 Å². The third kappa shape index (κ3) is 3.78. The lowest BCUT2D eigenvalue weighted by atomic mass is 10.1. The third-order valence-corrected chi connectivity index (χ3v) is 6.00. The monoisotopic (exact) mass is 392 g/mol. The van der Waals surface area contributed by atoms with E-state index in [0.717, 1.165) is 49.4 Å². The lowest BCUT2D eigenvalue weighted by Gasteiger charge is -2.25. The van der Waals surface area contributed by atoms with Gasteiger partial charge >= 0.3 is 0 Å². The molecule has 0 radical (unpaired) electrons. The Hall–Kier alpha value is -2.73. The minimum Gasteiger partial charge on any atom is -0.369 e. The van der Waals surface area contributed by atoms with Gasteiger partial charge in [0, 0.05) is 60.3 Å². The molecule has 3 heterocycles. The highest BCUT2D eigenvalue weighted by Crippen LogP contribution is 2.26. The SMILES string of the molecule is Cc1cnccc1N1CCCN(C(=O)c2cccc(-c3ncsc3C)c2)CC1. The fourth-order valence-corrected chi connectivity index (χ4v) is 4.35. The summed E-state index contributed by atoms with van der Waals surface area (Å²) in [6.45, 7) is 7.43. The Kier molecular flexibility index (Phi) is 5.39. The fourth-order valence-electron chi connectivity index (χ4n) is 3.75. The zero-order chi connectivity index (χ0) is 19.5. The van der Waals surface area contributed by atoms with Crippen LogP contribution in [0.5, 0.6) is 0 Å². The van der Waals surface area contributed by atoms with E-state index in [4.69, 9.17) is 0 Å². The first-order valence-electron chi connectivity index (χ1n) is 9.59. The number of pyridine rings is 1. The number of carbonyl (C=O) groups is 1. The number of aromatic nitrogens is 2. The van der Waals surface area contributed by atoms with Gasteiger partial charge < -0.3 is 9.80 Å². The van der Waals surface area contributed by atoms with Gasteiger partial charge in [-0.05, 0) is 44.0 Å². The molecular formula is C22H24N4OS. The van der Waals surface area contributed by atoms with E-state index < -0.39 is 0 Å². The summed E-state index contributed by atoms with van der Waals surface area (Å²) in [5, 5.41) is 0. The fraction of sp³-hybridized carbons (Fsp3) is 0.318. The van der Waals surface area contributed by atoms with E-state index in [1.165, 1.54) is 16.1 Å². The zero-order valence-electron chi connectivity index (χ0n) is 16.3. The van der Waals surface area contributed by atoms with Crippen molar-refractivity contribution >= 4 is 22.9 Å². The summed E-state index contributed by atoms with van der Waals surface area (Å²) in [6.07, 6.45) is 4.69. The molecule has 1 amide bonds. The first-order valence-corrected chi connectivity index (χ1v) is 10.5. The Balaban J connectivity index is 1.50. The summed E-state index contributed by atoms with van der Waals surface area (Å²) >= 11 is 1.63. The first-order chi connectivity index (χ1) is 13.6. The van der Waals surface area contributed by atoms with Gasteiger partial charge in [0.2, 0.25) is 0 Å². The van der Waals surface area contributed by atoms with Crippen LogP contribution in [-0.4, -0.2) is 47.0 Å². The Morgan fingerprint density at radius 2 is 2.00 bits per heavy atom. The van der Waals surface area contributed by atoms with Crippen LogP contribution in [0.25, 0.3) is 11.3 Å².